The summed E-state index contributed by atoms with van der Waals surface area (Å²) in [7, 11) is 0. The van der Waals surface area contributed by atoms with Crippen LogP contribution < -0.4 is 5.32 Å². The van der Waals surface area contributed by atoms with Crippen LogP contribution in [0.4, 0.5) is 0 Å². The summed E-state index contributed by atoms with van der Waals surface area (Å²) in [5, 5.41) is 6.78. The first-order valence-corrected chi connectivity index (χ1v) is 4.53. The molecule has 1 N–H and O–H groups in total. The number of nitrogens with one attached hydrogen (secondary N) is 1. The molecule has 5 heteroatoms. The molecule has 1 aliphatic heterocycles. The van der Waals surface area contributed by atoms with Gasteiger partial charge in [-0.05, 0) is 25.9 Å². The van der Waals surface area contributed by atoms with Gasteiger partial charge in [-0.3, -0.25) is 0 Å². The van der Waals surface area contributed by atoms with Crippen molar-refractivity contribution < 1.29 is 9.26 Å². The van der Waals surface area contributed by atoms with Gasteiger partial charge in [-0.2, -0.15) is 4.98 Å². The molecule has 0 amide bonds. The molecule has 1 aromatic rings. The van der Waals surface area contributed by atoms with Gasteiger partial charge < -0.3 is 14.6 Å². The van der Waals surface area contributed by atoms with Crippen LogP contribution in [0.3, 0.4) is 0 Å². The third-order valence-electron chi connectivity index (χ3n) is 2.14. The van der Waals surface area contributed by atoms with Crippen molar-refractivity contribution in [3.63, 3.8) is 0 Å². The summed E-state index contributed by atoms with van der Waals surface area (Å²) in [5.74, 6) is 0.554. The monoisotopic (exact) mass is 183 g/mol. The Hall–Kier alpha value is -0.940. The lowest BCUT2D eigenvalue weighted by molar-refractivity contribution is 0.00859. The molecule has 0 saturated carbocycles. The van der Waals surface area contributed by atoms with E-state index in [0.717, 1.165) is 25.9 Å². The summed E-state index contributed by atoms with van der Waals surface area (Å²) in [6, 6.07) is 0. The minimum Gasteiger partial charge on any atom is -0.368 e. The maximum atomic E-state index is 5.59. The van der Waals surface area contributed by atoms with Gasteiger partial charge in [-0.25, -0.2) is 0 Å². The zero-order valence-corrected chi connectivity index (χ0v) is 7.40. The normalized spacial score (nSPS) is 19.1. The second-order valence-corrected chi connectivity index (χ2v) is 3.10. The molecule has 1 aliphatic rings. The molecule has 0 atom stereocenters. The van der Waals surface area contributed by atoms with Gasteiger partial charge in [0.25, 0.3) is 5.89 Å². The van der Waals surface area contributed by atoms with Crippen LogP contribution in [0.15, 0.2) is 10.9 Å². The van der Waals surface area contributed by atoms with Gasteiger partial charge in [0.05, 0.1) is 6.10 Å². The maximum absolute atomic E-state index is 5.59. The van der Waals surface area contributed by atoms with Crippen molar-refractivity contribution in [3.05, 3.63) is 12.2 Å². The average molecular weight is 183 g/mol. The van der Waals surface area contributed by atoms with Crippen LogP contribution in [0, 0.1) is 0 Å². The molecule has 0 unspecified atom stereocenters. The van der Waals surface area contributed by atoms with E-state index >= 15 is 0 Å². The van der Waals surface area contributed by atoms with Crippen molar-refractivity contribution >= 4 is 0 Å². The summed E-state index contributed by atoms with van der Waals surface area (Å²) in [6.07, 6.45) is 3.86. The van der Waals surface area contributed by atoms with E-state index in [-0.39, 0.29) is 0 Å². The number of ether oxygens (including phenoxy) is 1. The Bertz CT molecular complexity index is 232. The van der Waals surface area contributed by atoms with Gasteiger partial charge in [-0.15, -0.1) is 0 Å². The molecule has 13 heavy (non-hydrogen) atoms. The standard InChI is InChI=1S/C8H13N3O2/c1-3-9-4-2-7(1)12-5-8-10-6-11-13-8/h6-7,9H,1-5H2. The second-order valence-electron chi connectivity index (χ2n) is 3.10. The van der Waals surface area contributed by atoms with Crippen LogP contribution >= 0.6 is 0 Å². The lowest BCUT2D eigenvalue weighted by Crippen LogP contribution is -2.32. The highest BCUT2D eigenvalue weighted by atomic mass is 16.5. The van der Waals surface area contributed by atoms with Gasteiger partial charge in [0.2, 0.25) is 0 Å². The Balaban J connectivity index is 1.72. The fourth-order valence-electron chi connectivity index (χ4n) is 1.41. The van der Waals surface area contributed by atoms with E-state index in [9.17, 15) is 0 Å². The van der Waals surface area contributed by atoms with Crippen LogP contribution in [0.5, 0.6) is 0 Å². The van der Waals surface area contributed by atoms with Crippen molar-refractivity contribution in [1.29, 1.82) is 0 Å². The Morgan fingerprint density at radius 1 is 1.54 bits per heavy atom. The lowest BCUT2D eigenvalue weighted by atomic mass is 10.1. The van der Waals surface area contributed by atoms with Crippen molar-refractivity contribution in [2.24, 2.45) is 0 Å². The van der Waals surface area contributed by atoms with Gasteiger partial charge in [-0.1, -0.05) is 5.16 Å². The third-order valence-corrected chi connectivity index (χ3v) is 2.14. The number of nitrogens with zero attached hydrogens (tertiary/aromatic N) is 2. The van der Waals surface area contributed by atoms with Crippen LogP contribution in [0.2, 0.25) is 0 Å². The molecule has 72 valence electrons. The Morgan fingerprint density at radius 3 is 3.08 bits per heavy atom. The predicted octanol–water partition coefficient (Wildman–Crippen LogP) is 0.338. The Kier molecular flexibility index (Phi) is 2.89. The maximum Gasteiger partial charge on any atom is 0.252 e. The molecule has 0 bridgehead atoms. The SMILES string of the molecule is c1noc(COC2CCNCC2)n1. The molecule has 0 aromatic carbocycles. The quantitative estimate of drug-likeness (QED) is 0.732. The first-order valence-electron chi connectivity index (χ1n) is 4.53. The lowest BCUT2D eigenvalue weighted by Gasteiger charge is -2.21. The zero-order valence-electron chi connectivity index (χ0n) is 7.40. The van der Waals surface area contributed by atoms with E-state index in [1.807, 2.05) is 0 Å². The molecule has 2 rings (SSSR count). The zero-order chi connectivity index (χ0) is 8.93. The molecule has 1 saturated heterocycles. The van der Waals surface area contributed by atoms with E-state index in [1.165, 1.54) is 6.33 Å². The van der Waals surface area contributed by atoms with Crippen molar-refractivity contribution in [3.8, 4) is 0 Å². The fourth-order valence-corrected chi connectivity index (χ4v) is 1.41. The molecule has 1 fully saturated rings. The highest BCUT2D eigenvalue weighted by Gasteiger charge is 2.14. The van der Waals surface area contributed by atoms with E-state index in [4.69, 9.17) is 9.26 Å². The average Bonchev–Trinajstić information content (AvgIpc) is 2.69. The van der Waals surface area contributed by atoms with Crippen LogP contribution in [0.1, 0.15) is 18.7 Å². The van der Waals surface area contributed by atoms with Crippen molar-refractivity contribution in [2.45, 2.75) is 25.6 Å². The topological polar surface area (TPSA) is 60.2 Å². The number of hydrogen-bond acceptors (Lipinski definition) is 5. The summed E-state index contributed by atoms with van der Waals surface area (Å²) in [6.45, 7) is 2.51. The van der Waals surface area contributed by atoms with Crippen LogP contribution in [-0.4, -0.2) is 29.3 Å². The molecule has 0 spiro atoms. The summed E-state index contributed by atoms with van der Waals surface area (Å²) in [4.78, 5) is 3.88. The van der Waals surface area contributed by atoms with Crippen molar-refractivity contribution in [2.75, 3.05) is 13.1 Å². The molecular formula is C8H13N3O2. The first-order chi connectivity index (χ1) is 6.45. The molecule has 0 radical (unpaired) electrons. The highest BCUT2D eigenvalue weighted by molar-refractivity contribution is 4.72. The molecule has 1 aromatic heterocycles. The third kappa shape index (κ3) is 2.50. The van der Waals surface area contributed by atoms with E-state index in [1.54, 1.807) is 0 Å². The minimum absolute atomic E-state index is 0.341. The largest absolute Gasteiger partial charge is 0.368 e. The molecule has 0 aliphatic carbocycles. The Morgan fingerprint density at radius 2 is 2.38 bits per heavy atom. The van der Waals surface area contributed by atoms with Crippen molar-refractivity contribution in [1.82, 2.24) is 15.5 Å². The summed E-state index contributed by atoms with van der Waals surface area (Å²) >= 11 is 0. The number of aromatic nitrogens is 2. The molecule has 5 nitrogen and oxygen atoms in total. The van der Waals surface area contributed by atoms with Crippen LogP contribution in [-0.2, 0) is 11.3 Å². The highest BCUT2D eigenvalue weighted by Crippen LogP contribution is 2.09. The first kappa shape index (κ1) is 8.65. The van der Waals surface area contributed by atoms with Gasteiger partial charge in [0.15, 0.2) is 6.33 Å². The van der Waals surface area contributed by atoms with Crippen LogP contribution in [0.25, 0.3) is 0 Å². The number of piperidine rings is 1. The number of hydrogen-bond donors (Lipinski definition) is 1. The van der Waals surface area contributed by atoms with E-state index in [2.05, 4.69) is 15.5 Å². The fraction of sp³-hybridized carbons (Fsp3) is 0.750. The van der Waals surface area contributed by atoms with E-state index in [0.29, 0.717) is 18.6 Å². The smallest absolute Gasteiger partial charge is 0.252 e. The minimum atomic E-state index is 0.341. The van der Waals surface area contributed by atoms with Gasteiger partial charge in [0, 0.05) is 0 Å². The summed E-state index contributed by atoms with van der Waals surface area (Å²) < 4.78 is 10.4. The number of rotatable bonds is 3. The van der Waals surface area contributed by atoms with Gasteiger partial charge >= 0.3 is 0 Å². The van der Waals surface area contributed by atoms with Gasteiger partial charge in [0.1, 0.15) is 6.61 Å². The van der Waals surface area contributed by atoms with E-state index < -0.39 is 0 Å². The predicted molar refractivity (Wildman–Crippen MR) is 45.0 cm³/mol. The second kappa shape index (κ2) is 4.34. The Labute approximate surface area is 76.5 Å². The summed E-state index contributed by atoms with van der Waals surface area (Å²) in [5.41, 5.74) is 0. The molecular weight excluding hydrogens is 170 g/mol. The molecule has 2 heterocycles.